The Balaban J connectivity index is 1.91. The number of aliphatic hydroxyl groups excluding tert-OH is 1. The van der Waals surface area contributed by atoms with Gasteiger partial charge in [0.25, 0.3) is 0 Å². The van der Waals surface area contributed by atoms with E-state index in [0.29, 0.717) is 18.4 Å². The van der Waals surface area contributed by atoms with Gasteiger partial charge in [0.05, 0.1) is 6.61 Å². The zero-order chi connectivity index (χ0) is 17.2. The molecule has 0 bridgehead atoms. The van der Waals surface area contributed by atoms with Gasteiger partial charge in [-0.05, 0) is 73.6 Å². The summed E-state index contributed by atoms with van der Waals surface area (Å²) in [6.45, 7) is 6.34. The summed E-state index contributed by atoms with van der Waals surface area (Å²) < 4.78 is 5.75. The second-order valence-corrected chi connectivity index (χ2v) is 6.94. The third kappa shape index (κ3) is 5.73. The Labute approximate surface area is 146 Å². The third-order valence-corrected chi connectivity index (χ3v) is 5.10. The van der Waals surface area contributed by atoms with Crippen molar-refractivity contribution in [1.29, 1.82) is 0 Å². The van der Waals surface area contributed by atoms with Crippen molar-refractivity contribution in [2.24, 2.45) is 11.7 Å². The smallest absolute Gasteiger partial charge is 0.0500 e. The van der Waals surface area contributed by atoms with Gasteiger partial charge in [0.1, 0.15) is 0 Å². The summed E-state index contributed by atoms with van der Waals surface area (Å²) in [7, 11) is 0. The molecule has 1 aromatic rings. The van der Waals surface area contributed by atoms with Crippen LogP contribution in [0.3, 0.4) is 0 Å². The summed E-state index contributed by atoms with van der Waals surface area (Å²) in [6, 6.07) is 6.94. The largest absolute Gasteiger partial charge is 0.396 e. The van der Waals surface area contributed by atoms with Crippen LogP contribution in [-0.4, -0.2) is 31.5 Å². The van der Waals surface area contributed by atoms with E-state index in [-0.39, 0.29) is 6.61 Å². The maximum Gasteiger partial charge on any atom is 0.0500 e. The van der Waals surface area contributed by atoms with E-state index in [9.17, 15) is 0 Å². The average molecular weight is 332 g/mol. The van der Waals surface area contributed by atoms with Crippen molar-refractivity contribution in [3.8, 4) is 0 Å². The molecule has 0 spiro atoms. The van der Waals surface area contributed by atoms with Crippen molar-refractivity contribution >= 4 is 0 Å². The van der Waals surface area contributed by atoms with E-state index in [4.69, 9.17) is 15.6 Å². The van der Waals surface area contributed by atoms with Crippen LogP contribution in [0.2, 0.25) is 0 Å². The Morgan fingerprint density at radius 2 is 2.21 bits per heavy atom. The number of benzene rings is 1. The van der Waals surface area contributed by atoms with Crippen molar-refractivity contribution in [2.45, 2.75) is 50.9 Å². The van der Waals surface area contributed by atoms with Crippen LogP contribution in [0.1, 0.15) is 54.7 Å². The molecule has 2 rings (SSSR count). The van der Waals surface area contributed by atoms with Gasteiger partial charge in [0, 0.05) is 13.2 Å². The molecular formula is C21H33NO2. The van der Waals surface area contributed by atoms with Gasteiger partial charge in [-0.25, -0.2) is 0 Å². The third-order valence-electron chi connectivity index (χ3n) is 5.10. The maximum atomic E-state index is 8.95. The second kappa shape index (κ2) is 10.7. The quantitative estimate of drug-likeness (QED) is 0.481. The summed E-state index contributed by atoms with van der Waals surface area (Å²) in [5.74, 6) is 1.06. The first kappa shape index (κ1) is 19.2. The van der Waals surface area contributed by atoms with E-state index < -0.39 is 0 Å². The van der Waals surface area contributed by atoms with Gasteiger partial charge in [-0.15, -0.1) is 6.58 Å². The van der Waals surface area contributed by atoms with Crippen LogP contribution in [-0.2, 0) is 17.6 Å². The highest BCUT2D eigenvalue weighted by Gasteiger charge is 2.20. The van der Waals surface area contributed by atoms with E-state index in [1.807, 2.05) is 6.08 Å². The molecule has 3 N–H and O–H groups in total. The van der Waals surface area contributed by atoms with Gasteiger partial charge in [-0.3, -0.25) is 0 Å². The number of aliphatic hydroxyl groups is 1. The number of aryl methyl sites for hydroxylation is 1. The van der Waals surface area contributed by atoms with Crippen LogP contribution in [0, 0.1) is 5.92 Å². The Hall–Kier alpha value is -1.16. The molecule has 1 aliphatic rings. The number of rotatable bonds is 11. The first-order valence-electron chi connectivity index (χ1n) is 9.39. The minimum atomic E-state index is 0.276. The lowest BCUT2D eigenvalue weighted by molar-refractivity contribution is 0.0979. The van der Waals surface area contributed by atoms with Gasteiger partial charge in [0.15, 0.2) is 0 Å². The number of unbranched alkanes of at least 4 members (excludes halogenated alkanes) is 1. The number of hydrogen-bond donors (Lipinski definition) is 2. The first-order valence-corrected chi connectivity index (χ1v) is 9.39. The summed E-state index contributed by atoms with van der Waals surface area (Å²) in [5, 5.41) is 8.95. The molecule has 0 saturated carbocycles. The second-order valence-electron chi connectivity index (χ2n) is 6.94. The number of hydrogen-bond acceptors (Lipinski definition) is 3. The highest BCUT2D eigenvalue weighted by Crippen LogP contribution is 2.30. The van der Waals surface area contributed by atoms with Crippen molar-refractivity contribution in [3.63, 3.8) is 0 Å². The molecule has 0 saturated heterocycles. The molecule has 0 amide bonds. The lowest BCUT2D eigenvalue weighted by Crippen LogP contribution is -2.20. The molecule has 3 heteroatoms. The maximum absolute atomic E-state index is 8.95. The van der Waals surface area contributed by atoms with E-state index >= 15 is 0 Å². The van der Waals surface area contributed by atoms with E-state index in [1.165, 1.54) is 23.1 Å². The monoisotopic (exact) mass is 331 g/mol. The Morgan fingerprint density at radius 3 is 2.96 bits per heavy atom. The lowest BCUT2D eigenvalue weighted by Gasteiger charge is -2.26. The van der Waals surface area contributed by atoms with Crippen molar-refractivity contribution < 1.29 is 9.84 Å². The summed E-state index contributed by atoms with van der Waals surface area (Å²) in [4.78, 5) is 0. The summed E-state index contributed by atoms with van der Waals surface area (Å²) >= 11 is 0. The highest BCUT2D eigenvalue weighted by atomic mass is 16.5. The highest BCUT2D eigenvalue weighted by molar-refractivity contribution is 5.36. The Kier molecular flexibility index (Phi) is 8.51. The normalized spacial score (nSPS) is 18.2. The molecule has 0 radical (unpaired) electrons. The molecule has 1 aliphatic carbocycles. The van der Waals surface area contributed by atoms with Crippen LogP contribution >= 0.6 is 0 Å². The van der Waals surface area contributed by atoms with Crippen LogP contribution in [0.25, 0.3) is 0 Å². The predicted octanol–water partition coefficient (Wildman–Crippen LogP) is 3.59. The minimum Gasteiger partial charge on any atom is -0.396 e. The topological polar surface area (TPSA) is 55.5 Å². The Morgan fingerprint density at radius 1 is 1.33 bits per heavy atom. The molecule has 24 heavy (non-hydrogen) atoms. The molecule has 0 heterocycles. The standard InChI is InChI=1S/C21H33NO2/c1-2-3-12-24-16-17-7-8-19-14-20(10-9-18(19)13-17)21(15-22)6-4-5-11-23/h2,9-10,14,17,21,23H,1,3-8,11-13,15-16,22H2/t17-,21+/m1/s1. The molecule has 0 aliphatic heterocycles. The number of fused-ring (bicyclic) bond motifs is 1. The average Bonchev–Trinajstić information content (AvgIpc) is 2.62. The van der Waals surface area contributed by atoms with Gasteiger partial charge < -0.3 is 15.6 Å². The van der Waals surface area contributed by atoms with Gasteiger partial charge in [-0.1, -0.05) is 30.7 Å². The lowest BCUT2D eigenvalue weighted by atomic mass is 9.81. The van der Waals surface area contributed by atoms with E-state index in [0.717, 1.165) is 51.7 Å². The van der Waals surface area contributed by atoms with E-state index in [2.05, 4.69) is 24.8 Å². The van der Waals surface area contributed by atoms with Crippen molar-refractivity contribution in [3.05, 3.63) is 47.5 Å². The summed E-state index contributed by atoms with van der Waals surface area (Å²) in [5.41, 5.74) is 10.3. The van der Waals surface area contributed by atoms with Crippen molar-refractivity contribution in [2.75, 3.05) is 26.4 Å². The zero-order valence-electron chi connectivity index (χ0n) is 14.9. The van der Waals surface area contributed by atoms with Crippen LogP contribution < -0.4 is 5.73 Å². The van der Waals surface area contributed by atoms with Gasteiger partial charge >= 0.3 is 0 Å². The van der Waals surface area contributed by atoms with Crippen LogP contribution in [0.4, 0.5) is 0 Å². The fraction of sp³-hybridized carbons (Fsp3) is 0.619. The van der Waals surface area contributed by atoms with Gasteiger partial charge in [-0.2, -0.15) is 0 Å². The molecule has 0 aromatic heterocycles. The zero-order valence-corrected chi connectivity index (χ0v) is 14.9. The predicted molar refractivity (Wildman–Crippen MR) is 100 cm³/mol. The molecule has 0 fully saturated rings. The SMILES string of the molecule is C=CCCOC[C@@H]1CCc2cc([C@H](CN)CCCCO)ccc2C1. The Bertz CT molecular complexity index is 501. The molecule has 134 valence electrons. The molecule has 2 atom stereocenters. The number of ether oxygens (including phenoxy) is 1. The van der Waals surface area contributed by atoms with Crippen LogP contribution in [0.15, 0.2) is 30.9 Å². The molecular weight excluding hydrogens is 298 g/mol. The fourth-order valence-electron chi connectivity index (χ4n) is 3.59. The minimum absolute atomic E-state index is 0.276. The molecule has 3 nitrogen and oxygen atoms in total. The van der Waals surface area contributed by atoms with Crippen molar-refractivity contribution in [1.82, 2.24) is 0 Å². The van der Waals surface area contributed by atoms with Gasteiger partial charge in [0.2, 0.25) is 0 Å². The number of nitrogens with two attached hydrogens (primary N) is 1. The fourth-order valence-corrected chi connectivity index (χ4v) is 3.59. The molecule has 0 unspecified atom stereocenters. The summed E-state index contributed by atoms with van der Waals surface area (Å²) in [6.07, 6.45) is 9.30. The van der Waals surface area contributed by atoms with Crippen LogP contribution in [0.5, 0.6) is 0 Å². The van der Waals surface area contributed by atoms with E-state index in [1.54, 1.807) is 0 Å². The molecule has 1 aromatic carbocycles. The first-order chi connectivity index (χ1) is 11.8.